The van der Waals surface area contributed by atoms with Crippen LogP contribution in [0.2, 0.25) is 0 Å². The molecule has 2 heterocycles. The van der Waals surface area contributed by atoms with Crippen LogP contribution in [0.4, 0.5) is 0 Å². The van der Waals surface area contributed by atoms with Crippen LogP contribution in [0.1, 0.15) is 46.5 Å². The summed E-state index contributed by atoms with van der Waals surface area (Å²) in [5.74, 6) is -0.0126. The zero-order chi connectivity index (χ0) is 14.0. The van der Waals surface area contributed by atoms with Gasteiger partial charge in [-0.15, -0.1) is 0 Å². The Morgan fingerprint density at radius 2 is 2.05 bits per heavy atom. The Hall–Kier alpha value is -1.10. The molecule has 2 saturated heterocycles. The van der Waals surface area contributed by atoms with Gasteiger partial charge < -0.3 is 15.0 Å². The van der Waals surface area contributed by atoms with Crippen molar-refractivity contribution in [3.05, 3.63) is 0 Å². The minimum absolute atomic E-state index is 0.0418. The molecule has 5 heteroatoms. The molecule has 108 valence electrons. The Bertz CT molecular complexity index is 360. The number of nitrogens with one attached hydrogen (secondary N) is 1. The van der Waals surface area contributed by atoms with Crippen LogP contribution in [0.15, 0.2) is 0 Å². The fraction of sp³-hybridized carbons (Fsp3) is 0.857. The first-order chi connectivity index (χ1) is 9.04. The number of piperazine rings is 1. The molecule has 0 saturated carbocycles. The predicted molar refractivity (Wildman–Crippen MR) is 71.6 cm³/mol. The van der Waals surface area contributed by atoms with Crippen molar-refractivity contribution in [2.75, 3.05) is 13.2 Å². The molecule has 2 fully saturated rings. The van der Waals surface area contributed by atoms with E-state index in [0.717, 1.165) is 19.4 Å². The van der Waals surface area contributed by atoms with Crippen LogP contribution in [0.25, 0.3) is 0 Å². The van der Waals surface area contributed by atoms with Crippen molar-refractivity contribution in [2.24, 2.45) is 0 Å². The molecule has 2 amide bonds. The Balaban J connectivity index is 2.18. The molecule has 0 aromatic carbocycles. The van der Waals surface area contributed by atoms with Gasteiger partial charge in [-0.05, 0) is 32.6 Å². The molecular weight excluding hydrogens is 244 g/mol. The zero-order valence-electron chi connectivity index (χ0n) is 12.1. The van der Waals surface area contributed by atoms with E-state index < -0.39 is 11.6 Å². The van der Waals surface area contributed by atoms with Crippen molar-refractivity contribution in [3.63, 3.8) is 0 Å². The second-order valence-electron chi connectivity index (χ2n) is 5.55. The quantitative estimate of drug-likeness (QED) is 0.829. The summed E-state index contributed by atoms with van der Waals surface area (Å²) < 4.78 is 5.60. The van der Waals surface area contributed by atoms with Gasteiger partial charge in [0.05, 0.1) is 6.10 Å². The first-order valence-electron chi connectivity index (χ1n) is 7.28. The highest BCUT2D eigenvalue weighted by atomic mass is 16.5. The average molecular weight is 268 g/mol. The van der Waals surface area contributed by atoms with E-state index in [1.54, 1.807) is 11.8 Å². The number of carbonyl (C=O) groups excluding carboxylic acids is 2. The second kappa shape index (κ2) is 5.49. The van der Waals surface area contributed by atoms with E-state index in [-0.39, 0.29) is 17.9 Å². The standard InChI is InChI=1S/C14H24N2O3/c1-4-14(5-2)13(18)16(10(3)12(17)15-14)9-11-7-6-8-19-11/h10-11H,4-9H2,1-3H3,(H,15,17). The van der Waals surface area contributed by atoms with Crippen LogP contribution in [0, 0.1) is 0 Å². The molecule has 2 aliphatic heterocycles. The van der Waals surface area contributed by atoms with E-state index in [9.17, 15) is 9.59 Å². The third kappa shape index (κ3) is 2.48. The van der Waals surface area contributed by atoms with E-state index >= 15 is 0 Å². The number of amides is 2. The first kappa shape index (κ1) is 14.3. The van der Waals surface area contributed by atoms with E-state index in [0.29, 0.717) is 19.4 Å². The molecule has 0 aromatic heterocycles. The Morgan fingerprint density at radius 1 is 1.37 bits per heavy atom. The van der Waals surface area contributed by atoms with Gasteiger partial charge in [-0.25, -0.2) is 0 Å². The largest absolute Gasteiger partial charge is 0.376 e. The maximum atomic E-state index is 12.7. The summed E-state index contributed by atoms with van der Waals surface area (Å²) in [5.41, 5.74) is -0.720. The van der Waals surface area contributed by atoms with Crippen LogP contribution in [-0.2, 0) is 14.3 Å². The lowest BCUT2D eigenvalue weighted by molar-refractivity contribution is -0.156. The van der Waals surface area contributed by atoms with Gasteiger partial charge >= 0.3 is 0 Å². The summed E-state index contributed by atoms with van der Waals surface area (Å²) >= 11 is 0. The van der Waals surface area contributed by atoms with Gasteiger partial charge in [-0.1, -0.05) is 13.8 Å². The van der Waals surface area contributed by atoms with Gasteiger partial charge in [0.1, 0.15) is 11.6 Å². The fourth-order valence-corrected chi connectivity index (χ4v) is 2.96. The summed E-state index contributed by atoms with van der Waals surface area (Å²) in [4.78, 5) is 26.5. The van der Waals surface area contributed by atoms with Crippen LogP contribution < -0.4 is 5.32 Å². The molecule has 2 atom stereocenters. The molecule has 5 nitrogen and oxygen atoms in total. The van der Waals surface area contributed by atoms with Gasteiger partial charge in [0.2, 0.25) is 11.8 Å². The molecule has 1 N–H and O–H groups in total. The Kier molecular flexibility index (Phi) is 4.13. The highest BCUT2D eigenvalue weighted by Gasteiger charge is 2.47. The summed E-state index contributed by atoms with van der Waals surface area (Å²) in [6.07, 6.45) is 3.36. The van der Waals surface area contributed by atoms with Crippen molar-refractivity contribution < 1.29 is 14.3 Å². The van der Waals surface area contributed by atoms with Crippen molar-refractivity contribution in [1.82, 2.24) is 10.2 Å². The number of carbonyl (C=O) groups is 2. The molecule has 0 aliphatic carbocycles. The summed E-state index contributed by atoms with van der Waals surface area (Å²) in [5, 5.41) is 2.91. The lowest BCUT2D eigenvalue weighted by atomic mass is 9.87. The predicted octanol–water partition coefficient (Wildman–Crippen LogP) is 1.07. The number of ether oxygens (including phenoxy) is 1. The maximum absolute atomic E-state index is 12.7. The molecule has 0 aromatic rings. The second-order valence-corrected chi connectivity index (χ2v) is 5.55. The molecule has 0 spiro atoms. The van der Waals surface area contributed by atoms with Crippen LogP contribution >= 0.6 is 0 Å². The number of rotatable bonds is 4. The average Bonchev–Trinajstić information content (AvgIpc) is 2.92. The third-order valence-electron chi connectivity index (χ3n) is 4.51. The normalized spacial score (nSPS) is 30.6. The summed E-state index contributed by atoms with van der Waals surface area (Å²) in [6.45, 7) is 6.98. The Morgan fingerprint density at radius 3 is 2.58 bits per heavy atom. The lowest BCUT2D eigenvalue weighted by Gasteiger charge is -2.45. The molecule has 0 bridgehead atoms. The molecular formula is C14H24N2O3. The van der Waals surface area contributed by atoms with Crippen LogP contribution in [0.5, 0.6) is 0 Å². The third-order valence-corrected chi connectivity index (χ3v) is 4.51. The molecule has 19 heavy (non-hydrogen) atoms. The van der Waals surface area contributed by atoms with Gasteiger partial charge in [0, 0.05) is 13.2 Å². The van der Waals surface area contributed by atoms with Gasteiger partial charge in [-0.3, -0.25) is 9.59 Å². The monoisotopic (exact) mass is 268 g/mol. The number of hydrogen-bond donors (Lipinski definition) is 1. The fourth-order valence-electron chi connectivity index (χ4n) is 2.96. The maximum Gasteiger partial charge on any atom is 0.249 e. The number of hydrogen-bond acceptors (Lipinski definition) is 3. The smallest absolute Gasteiger partial charge is 0.249 e. The number of nitrogens with zero attached hydrogens (tertiary/aromatic N) is 1. The lowest BCUT2D eigenvalue weighted by Crippen LogP contribution is -2.70. The topological polar surface area (TPSA) is 58.6 Å². The van der Waals surface area contributed by atoms with Gasteiger partial charge in [0.15, 0.2) is 0 Å². The molecule has 2 unspecified atom stereocenters. The summed E-state index contributed by atoms with van der Waals surface area (Å²) in [6, 6.07) is -0.400. The minimum atomic E-state index is -0.720. The zero-order valence-corrected chi connectivity index (χ0v) is 12.1. The molecule has 2 rings (SSSR count). The van der Waals surface area contributed by atoms with E-state index in [1.807, 2.05) is 13.8 Å². The van der Waals surface area contributed by atoms with Gasteiger partial charge in [0.25, 0.3) is 0 Å². The minimum Gasteiger partial charge on any atom is -0.376 e. The highest BCUT2D eigenvalue weighted by Crippen LogP contribution is 2.26. The van der Waals surface area contributed by atoms with Crippen molar-refractivity contribution >= 4 is 11.8 Å². The van der Waals surface area contributed by atoms with Crippen LogP contribution in [-0.4, -0.2) is 47.6 Å². The summed E-state index contributed by atoms with van der Waals surface area (Å²) in [7, 11) is 0. The van der Waals surface area contributed by atoms with Crippen molar-refractivity contribution in [1.29, 1.82) is 0 Å². The van der Waals surface area contributed by atoms with Crippen molar-refractivity contribution in [3.8, 4) is 0 Å². The molecule has 0 radical (unpaired) electrons. The van der Waals surface area contributed by atoms with Crippen molar-refractivity contribution in [2.45, 2.75) is 64.1 Å². The Labute approximate surface area is 114 Å². The molecule has 2 aliphatic rings. The van der Waals surface area contributed by atoms with E-state index in [1.165, 1.54) is 0 Å². The van der Waals surface area contributed by atoms with Crippen LogP contribution in [0.3, 0.4) is 0 Å². The SMILES string of the molecule is CCC1(CC)NC(=O)C(C)N(CC2CCCO2)C1=O. The van der Waals surface area contributed by atoms with E-state index in [2.05, 4.69) is 5.32 Å². The highest BCUT2D eigenvalue weighted by molar-refractivity contribution is 5.99. The van der Waals surface area contributed by atoms with E-state index in [4.69, 9.17) is 4.74 Å². The van der Waals surface area contributed by atoms with Gasteiger partial charge in [-0.2, -0.15) is 0 Å². The first-order valence-corrected chi connectivity index (χ1v) is 7.28.